The van der Waals surface area contributed by atoms with Crippen LogP contribution < -0.4 is 5.32 Å². The van der Waals surface area contributed by atoms with E-state index in [0.29, 0.717) is 12.5 Å². The lowest BCUT2D eigenvalue weighted by Gasteiger charge is -2.23. The zero-order valence-corrected chi connectivity index (χ0v) is 19.6. The molecule has 1 amide bonds. The fraction of sp³-hybridized carbons (Fsp3) is 0.368. The van der Waals surface area contributed by atoms with Gasteiger partial charge < -0.3 is 15.1 Å². The van der Waals surface area contributed by atoms with Crippen LogP contribution in [0.2, 0.25) is 0 Å². The minimum Gasteiger partial charge on any atom is -0.356 e. The first-order valence-electron chi connectivity index (χ1n) is 8.63. The summed E-state index contributed by atoms with van der Waals surface area (Å²) in [7, 11) is 4.95. The second kappa shape index (κ2) is 12.0. The maximum absolute atomic E-state index is 13.5. The average Bonchev–Trinajstić information content (AvgIpc) is 3.15. The van der Waals surface area contributed by atoms with E-state index in [2.05, 4.69) is 10.3 Å². The second-order valence-corrected chi connectivity index (χ2v) is 7.45. The van der Waals surface area contributed by atoms with Crippen LogP contribution in [0.5, 0.6) is 0 Å². The van der Waals surface area contributed by atoms with E-state index in [1.54, 1.807) is 37.4 Å². The minimum absolute atomic E-state index is 0. The van der Waals surface area contributed by atoms with Crippen LogP contribution in [0, 0.1) is 17.5 Å². The molecule has 0 saturated heterocycles. The Balaban J connectivity index is 0.00000420. The number of aliphatic imine (C=N–C) groups is 1. The maximum atomic E-state index is 13.5. The summed E-state index contributed by atoms with van der Waals surface area (Å²) in [6, 6.07) is 5.88. The SMILES string of the molecule is CN(C)C(=O)CN=C(NCCc1cccs1)N(C)Cc1cc(F)c(F)c(F)c1.I. The van der Waals surface area contributed by atoms with Crippen molar-refractivity contribution >= 4 is 47.2 Å². The molecule has 160 valence electrons. The van der Waals surface area contributed by atoms with Gasteiger partial charge >= 0.3 is 0 Å². The molecule has 2 rings (SSSR count). The highest BCUT2D eigenvalue weighted by molar-refractivity contribution is 14.0. The van der Waals surface area contributed by atoms with Crippen molar-refractivity contribution in [3.63, 3.8) is 0 Å². The molecule has 5 nitrogen and oxygen atoms in total. The molecule has 29 heavy (non-hydrogen) atoms. The lowest BCUT2D eigenvalue weighted by atomic mass is 10.2. The number of likely N-dealkylation sites (N-methyl/N-ethyl adjacent to an activating group) is 1. The summed E-state index contributed by atoms with van der Waals surface area (Å²) in [5.74, 6) is -3.74. The summed E-state index contributed by atoms with van der Waals surface area (Å²) in [6.07, 6.45) is 0.770. The Morgan fingerprint density at radius 1 is 1.17 bits per heavy atom. The van der Waals surface area contributed by atoms with Gasteiger partial charge in [0.25, 0.3) is 0 Å². The van der Waals surface area contributed by atoms with E-state index >= 15 is 0 Å². The molecule has 1 aromatic carbocycles. The van der Waals surface area contributed by atoms with Gasteiger partial charge in [-0.1, -0.05) is 6.07 Å². The van der Waals surface area contributed by atoms with Gasteiger partial charge in [0.05, 0.1) is 0 Å². The number of guanidine groups is 1. The number of hydrogen-bond donors (Lipinski definition) is 1. The van der Waals surface area contributed by atoms with Gasteiger partial charge in [-0.15, -0.1) is 35.3 Å². The summed E-state index contributed by atoms with van der Waals surface area (Å²) in [5, 5.41) is 5.15. The number of thiophene rings is 1. The van der Waals surface area contributed by atoms with Gasteiger partial charge in [-0.25, -0.2) is 18.2 Å². The molecular formula is C19H24F3IN4OS. The summed E-state index contributed by atoms with van der Waals surface area (Å²) in [4.78, 5) is 20.4. The van der Waals surface area contributed by atoms with Crippen molar-refractivity contribution in [2.75, 3.05) is 34.2 Å². The summed E-state index contributed by atoms with van der Waals surface area (Å²) in [5.41, 5.74) is 0.255. The number of amides is 1. The van der Waals surface area contributed by atoms with Crippen molar-refractivity contribution in [2.45, 2.75) is 13.0 Å². The highest BCUT2D eigenvalue weighted by Crippen LogP contribution is 2.15. The Bertz CT molecular complexity index is 808. The quantitative estimate of drug-likeness (QED) is 0.253. The highest BCUT2D eigenvalue weighted by Gasteiger charge is 2.14. The van der Waals surface area contributed by atoms with Crippen LogP contribution in [0.1, 0.15) is 10.4 Å². The molecule has 0 aliphatic rings. The number of nitrogens with zero attached hydrogens (tertiary/aromatic N) is 3. The molecule has 0 aliphatic carbocycles. The van der Waals surface area contributed by atoms with Crippen molar-refractivity contribution in [3.05, 3.63) is 57.5 Å². The van der Waals surface area contributed by atoms with Crippen LogP contribution in [0.15, 0.2) is 34.6 Å². The summed E-state index contributed by atoms with van der Waals surface area (Å²) < 4.78 is 40.1. The van der Waals surface area contributed by atoms with Crippen LogP contribution in [0.4, 0.5) is 13.2 Å². The third-order valence-electron chi connectivity index (χ3n) is 3.92. The van der Waals surface area contributed by atoms with Gasteiger partial charge in [0, 0.05) is 39.1 Å². The first-order valence-corrected chi connectivity index (χ1v) is 9.51. The number of halogens is 4. The molecule has 0 aliphatic heterocycles. The Morgan fingerprint density at radius 3 is 2.38 bits per heavy atom. The van der Waals surface area contributed by atoms with Crippen LogP contribution >= 0.6 is 35.3 Å². The highest BCUT2D eigenvalue weighted by atomic mass is 127. The van der Waals surface area contributed by atoms with E-state index in [4.69, 9.17) is 0 Å². The zero-order chi connectivity index (χ0) is 20.7. The molecule has 0 unspecified atom stereocenters. The van der Waals surface area contributed by atoms with Gasteiger partial charge in [0.2, 0.25) is 5.91 Å². The molecule has 0 spiro atoms. The maximum Gasteiger partial charge on any atom is 0.243 e. The molecule has 0 fully saturated rings. The first-order chi connectivity index (χ1) is 13.3. The second-order valence-electron chi connectivity index (χ2n) is 6.41. The van der Waals surface area contributed by atoms with Crippen molar-refractivity contribution in [1.29, 1.82) is 0 Å². The number of benzene rings is 1. The molecule has 1 heterocycles. The normalized spacial score (nSPS) is 11.0. The largest absolute Gasteiger partial charge is 0.356 e. The number of rotatable bonds is 7. The van der Waals surface area contributed by atoms with Crippen molar-refractivity contribution in [3.8, 4) is 0 Å². The smallest absolute Gasteiger partial charge is 0.243 e. The Labute approximate surface area is 189 Å². The lowest BCUT2D eigenvalue weighted by Crippen LogP contribution is -2.40. The fourth-order valence-electron chi connectivity index (χ4n) is 2.40. The van der Waals surface area contributed by atoms with Crippen molar-refractivity contribution in [1.82, 2.24) is 15.1 Å². The molecule has 1 N–H and O–H groups in total. The van der Waals surface area contributed by atoms with E-state index in [1.807, 2.05) is 17.5 Å². The Morgan fingerprint density at radius 2 is 1.83 bits per heavy atom. The molecule has 0 radical (unpaired) electrons. The minimum atomic E-state index is -1.49. The molecule has 1 aromatic heterocycles. The predicted molar refractivity (Wildman–Crippen MR) is 120 cm³/mol. The third kappa shape index (κ3) is 7.84. The van der Waals surface area contributed by atoms with Gasteiger partial charge in [0.15, 0.2) is 23.4 Å². The number of nitrogens with one attached hydrogen (secondary N) is 1. The van der Waals surface area contributed by atoms with Gasteiger partial charge in [-0.05, 0) is 35.6 Å². The van der Waals surface area contributed by atoms with Crippen LogP contribution in [-0.2, 0) is 17.8 Å². The van der Waals surface area contributed by atoms with E-state index < -0.39 is 17.5 Å². The van der Waals surface area contributed by atoms with E-state index in [1.165, 1.54) is 9.78 Å². The molecule has 0 atom stereocenters. The first kappa shape index (κ1) is 25.2. The summed E-state index contributed by atoms with van der Waals surface area (Å²) >= 11 is 1.64. The Kier molecular flexibility index (Phi) is 10.4. The molecular weight excluding hydrogens is 516 g/mol. The van der Waals surface area contributed by atoms with Gasteiger partial charge in [-0.3, -0.25) is 4.79 Å². The summed E-state index contributed by atoms with van der Waals surface area (Å²) in [6.45, 7) is 0.603. The topological polar surface area (TPSA) is 47.9 Å². The van der Waals surface area contributed by atoms with Crippen molar-refractivity contribution < 1.29 is 18.0 Å². The zero-order valence-electron chi connectivity index (χ0n) is 16.4. The van der Waals surface area contributed by atoms with E-state index in [-0.39, 0.29) is 48.5 Å². The molecule has 10 heteroatoms. The monoisotopic (exact) mass is 540 g/mol. The van der Waals surface area contributed by atoms with Gasteiger partial charge in [0.1, 0.15) is 6.54 Å². The van der Waals surface area contributed by atoms with Crippen LogP contribution in [0.25, 0.3) is 0 Å². The standard InChI is InChI=1S/C19H23F3N4OS.HI/c1-25(2)17(27)11-24-19(23-7-6-14-5-4-8-28-14)26(3)12-13-9-15(20)18(22)16(21)10-13;/h4-5,8-10H,6-7,11-12H2,1-3H3,(H,23,24);1H. The Hall–Kier alpha value is -1.82. The average molecular weight is 540 g/mol. The van der Waals surface area contributed by atoms with Crippen LogP contribution in [0.3, 0.4) is 0 Å². The lowest BCUT2D eigenvalue weighted by molar-refractivity contribution is -0.127. The number of hydrogen-bond acceptors (Lipinski definition) is 3. The molecule has 2 aromatic rings. The molecule has 0 bridgehead atoms. The van der Waals surface area contributed by atoms with Gasteiger partial charge in [-0.2, -0.15) is 0 Å². The number of carbonyl (C=O) groups is 1. The van der Waals surface area contributed by atoms with Crippen molar-refractivity contribution in [2.24, 2.45) is 4.99 Å². The fourth-order valence-corrected chi connectivity index (χ4v) is 3.10. The third-order valence-corrected chi connectivity index (χ3v) is 4.86. The predicted octanol–water partition coefficient (Wildman–Crippen LogP) is 3.49. The van der Waals surface area contributed by atoms with Crippen LogP contribution in [-0.4, -0.2) is 55.9 Å². The van der Waals surface area contributed by atoms with E-state index in [0.717, 1.165) is 18.6 Å². The molecule has 0 saturated carbocycles. The van der Waals surface area contributed by atoms with E-state index in [9.17, 15) is 18.0 Å². The number of carbonyl (C=O) groups excluding carboxylic acids is 1.